The molecule has 102 valence electrons. The summed E-state index contributed by atoms with van der Waals surface area (Å²) in [4.78, 5) is 11.6. The first-order valence-electron chi connectivity index (χ1n) is 6.67. The summed E-state index contributed by atoms with van der Waals surface area (Å²) in [7, 11) is 0. The molecule has 1 unspecified atom stereocenters. The Kier molecular flexibility index (Phi) is 10.2. The molecule has 0 bridgehead atoms. The summed E-state index contributed by atoms with van der Waals surface area (Å²) >= 11 is 0. The third-order valence-corrected chi connectivity index (χ3v) is 2.77. The van der Waals surface area contributed by atoms with Crippen molar-refractivity contribution in [1.82, 2.24) is 5.32 Å². The van der Waals surface area contributed by atoms with Crippen LogP contribution in [0.4, 0.5) is 0 Å². The lowest BCUT2D eigenvalue weighted by molar-refractivity contribution is -0.122. The molecule has 0 saturated heterocycles. The van der Waals surface area contributed by atoms with E-state index in [1.807, 2.05) is 0 Å². The van der Waals surface area contributed by atoms with E-state index in [2.05, 4.69) is 19.2 Å². The first-order valence-corrected chi connectivity index (χ1v) is 6.67. The molecule has 17 heavy (non-hydrogen) atoms. The summed E-state index contributed by atoms with van der Waals surface area (Å²) in [6, 6.07) is 0. The van der Waals surface area contributed by atoms with Gasteiger partial charge >= 0.3 is 0 Å². The van der Waals surface area contributed by atoms with Crippen LogP contribution >= 0.6 is 0 Å². The molecule has 0 aliphatic heterocycles. The SMILES string of the molecule is CC(C)CC(CN)CC(=O)NCCCCCO. The van der Waals surface area contributed by atoms with Gasteiger partial charge in [-0.05, 0) is 44.1 Å². The van der Waals surface area contributed by atoms with Gasteiger partial charge in [0.15, 0.2) is 0 Å². The van der Waals surface area contributed by atoms with Gasteiger partial charge in [-0.25, -0.2) is 0 Å². The fraction of sp³-hybridized carbons (Fsp3) is 0.923. The number of amides is 1. The number of unbranched alkanes of at least 4 members (excludes halogenated alkanes) is 2. The molecule has 1 amide bonds. The molecule has 4 heteroatoms. The molecule has 0 saturated carbocycles. The number of carbonyl (C=O) groups excluding carboxylic acids is 1. The van der Waals surface area contributed by atoms with Crippen LogP contribution in [0.1, 0.15) is 46.0 Å². The lowest BCUT2D eigenvalue weighted by Gasteiger charge is -2.16. The predicted octanol–water partition coefficient (Wildman–Crippen LogP) is 1.28. The van der Waals surface area contributed by atoms with E-state index in [9.17, 15) is 4.79 Å². The highest BCUT2D eigenvalue weighted by Crippen LogP contribution is 2.13. The van der Waals surface area contributed by atoms with Gasteiger partial charge in [-0.3, -0.25) is 4.79 Å². The van der Waals surface area contributed by atoms with Crippen LogP contribution in [0, 0.1) is 11.8 Å². The van der Waals surface area contributed by atoms with Crippen molar-refractivity contribution in [2.45, 2.75) is 46.0 Å². The minimum Gasteiger partial charge on any atom is -0.396 e. The maximum absolute atomic E-state index is 11.6. The predicted molar refractivity (Wildman–Crippen MR) is 70.6 cm³/mol. The van der Waals surface area contributed by atoms with E-state index in [0.717, 1.165) is 25.7 Å². The summed E-state index contributed by atoms with van der Waals surface area (Å²) in [5.74, 6) is 0.985. The van der Waals surface area contributed by atoms with Crippen molar-refractivity contribution in [2.24, 2.45) is 17.6 Å². The molecule has 0 radical (unpaired) electrons. The minimum absolute atomic E-state index is 0.102. The van der Waals surface area contributed by atoms with Crippen LogP contribution in [0.3, 0.4) is 0 Å². The molecule has 0 aliphatic carbocycles. The molecule has 0 heterocycles. The topological polar surface area (TPSA) is 75.4 Å². The Bertz CT molecular complexity index is 196. The zero-order valence-corrected chi connectivity index (χ0v) is 11.2. The van der Waals surface area contributed by atoms with Crippen LogP contribution in [0.15, 0.2) is 0 Å². The van der Waals surface area contributed by atoms with Crippen LogP contribution in [0.25, 0.3) is 0 Å². The zero-order valence-electron chi connectivity index (χ0n) is 11.2. The van der Waals surface area contributed by atoms with Gasteiger partial charge < -0.3 is 16.2 Å². The van der Waals surface area contributed by atoms with E-state index in [1.165, 1.54) is 0 Å². The monoisotopic (exact) mass is 244 g/mol. The molecule has 4 N–H and O–H groups in total. The highest BCUT2D eigenvalue weighted by atomic mass is 16.2. The number of hydrogen-bond acceptors (Lipinski definition) is 3. The van der Waals surface area contributed by atoms with E-state index in [1.54, 1.807) is 0 Å². The number of nitrogens with one attached hydrogen (secondary N) is 1. The van der Waals surface area contributed by atoms with Gasteiger partial charge in [-0.2, -0.15) is 0 Å². The normalized spacial score (nSPS) is 12.8. The van der Waals surface area contributed by atoms with Crippen molar-refractivity contribution < 1.29 is 9.90 Å². The number of rotatable bonds is 10. The molecule has 4 nitrogen and oxygen atoms in total. The van der Waals surface area contributed by atoms with Crippen molar-refractivity contribution in [3.63, 3.8) is 0 Å². The standard InChI is InChI=1S/C13H28N2O2/c1-11(2)8-12(10-14)9-13(17)15-6-4-3-5-7-16/h11-12,16H,3-10,14H2,1-2H3,(H,15,17). The highest BCUT2D eigenvalue weighted by Gasteiger charge is 2.13. The van der Waals surface area contributed by atoms with E-state index in [4.69, 9.17) is 10.8 Å². The number of aliphatic hydroxyl groups excluding tert-OH is 1. The second-order valence-electron chi connectivity index (χ2n) is 5.07. The second kappa shape index (κ2) is 10.5. The Hall–Kier alpha value is -0.610. The molecule has 0 aromatic carbocycles. The molecule has 0 spiro atoms. The van der Waals surface area contributed by atoms with Crippen molar-refractivity contribution in [3.8, 4) is 0 Å². The molecule has 0 aliphatic rings. The minimum atomic E-state index is 0.102. The molecule has 1 atom stereocenters. The number of carbonyl (C=O) groups is 1. The van der Waals surface area contributed by atoms with Crippen LogP contribution in [0.2, 0.25) is 0 Å². The summed E-state index contributed by atoms with van der Waals surface area (Å²) in [6.45, 7) is 5.82. The average Bonchev–Trinajstić information content (AvgIpc) is 2.27. The van der Waals surface area contributed by atoms with Gasteiger partial charge in [-0.15, -0.1) is 0 Å². The lowest BCUT2D eigenvalue weighted by Crippen LogP contribution is -2.29. The maximum Gasteiger partial charge on any atom is 0.220 e. The van der Waals surface area contributed by atoms with Crippen LogP contribution in [0.5, 0.6) is 0 Å². The fourth-order valence-electron chi connectivity index (χ4n) is 1.91. The molecule has 0 aromatic rings. The molecule has 0 rings (SSSR count). The van der Waals surface area contributed by atoms with E-state index in [0.29, 0.717) is 31.3 Å². The Morgan fingerprint density at radius 1 is 1.29 bits per heavy atom. The van der Waals surface area contributed by atoms with Crippen LogP contribution in [-0.4, -0.2) is 30.7 Å². The first-order chi connectivity index (χ1) is 8.10. The highest BCUT2D eigenvalue weighted by molar-refractivity contribution is 5.76. The average molecular weight is 244 g/mol. The van der Waals surface area contributed by atoms with Gasteiger partial charge in [0, 0.05) is 19.6 Å². The Labute approximate surface area is 105 Å². The summed E-state index contributed by atoms with van der Waals surface area (Å²) in [6.07, 6.45) is 4.25. The first kappa shape index (κ1) is 16.4. The number of aliphatic hydroxyl groups is 1. The van der Waals surface area contributed by atoms with Crippen molar-refractivity contribution in [1.29, 1.82) is 0 Å². The Morgan fingerprint density at radius 3 is 2.53 bits per heavy atom. The molecule has 0 fully saturated rings. The molecular weight excluding hydrogens is 216 g/mol. The number of nitrogens with two attached hydrogens (primary N) is 1. The Morgan fingerprint density at radius 2 is 2.00 bits per heavy atom. The molecule has 0 aromatic heterocycles. The van der Waals surface area contributed by atoms with Gasteiger partial charge in [0.1, 0.15) is 0 Å². The fourth-order valence-corrected chi connectivity index (χ4v) is 1.91. The van der Waals surface area contributed by atoms with Gasteiger partial charge in [0.05, 0.1) is 0 Å². The van der Waals surface area contributed by atoms with Crippen molar-refractivity contribution >= 4 is 5.91 Å². The summed E-state index contributed by atoms with van der Waals surface area (Å²) in [5.41, 5.74) is 5.66. The largest absolute Gasteiger partial charge is 0.396 e. The Balaban J connectivity index is 3.61. The van der Waals surface area contributed by atoms with Crippen LogP contribution in [-0.2, 0) is 4.79 Å². The third-order valence-electron chi connectivity index (χ3n) is 2.77. The van der Waals surface area contributed by atoms with Crippen molar-refractivity contribution in [2.75, 3.05) is 19.7 Å². The second-order valence-corrected chi connectivity index (χ2v) is 5.07. The maximum atomic E-state index is 11.6. The quantitative estimate of drug-likeness (QED) is 0.507. The summed E-state index contributed by atoms with van der Waals surface area (Å²) in [5, 5.41) is 11.5. The van der Waals surface area contributed by atoms with Crippen LogP contribution < -0.4 is 11.1 Å². The van der Waals surface area contributed by atoms with Gasteiger partial charge in [-0.1, -0.05) is 13.8 Å². The lowest BCUT2D eigenvalue weighted by atomic mass is 9.94. The van der Waals surface area contributed by atoms with Crippen molar-refractivity contribution in [3.05, 3.63) is 0 Å². The number of hydrogen-bond donors (Lipinski definition) is 3. The van der Waals surface area contributed by atoms with Gasteiger partial charge in [0.2, 0.25) is 5.91 Å². The van der Waals surface area contributed by atoms with E-state index >= 15 is 0 Å². The van der Waals surface area contributed by atoms with E-state index in [-0.39, 0.29) is 12.5 Å². The van der Waals surface area contributed by atoms with Gasteiger partial charge in [0.25, 0.3) is 0 Å². The zero-order chi connectivity index (χ0) is 13.1. The smallest absolute Gasteiger partial charge is 0.220 e. The summed E-state index contributed by atoms with van der Waals surface area (Å²) < 4.78 is 0. The van der Waals surface area contributed by atoms with E-state index < -0.39 is 0 Å². The molecular formula is C13H28N2O2. The third kappa shape index (κ3) is 10.3.